The minimum Gasteiger partial charge on any atom is -0.382 e. The van der Waals surface area contributed by atoms with Gasteiger partial charge in [-0.3, -0.25) is 9.62 Å². The molecule has 12 heteroatoms. The lowest BCUT2D eigenvalue weighted by Gasteiger charge is -2.32. The van der Waals surface area contributed by atoms with Gasteiger partial charge in [0, 0.05) is 18.6 Å². The Labute approximate surface area is 175 Å². The lowest BCUT2D eigenvalue weighted by molar-refractivity contribution is 0.209. The highest BCUT2D eigenvalue weighted by molar-refractivity contribution is 7.93. The SMILES string of the molecule is O=S(=O)(Nc1ncc(F)s1)c1cc(Cl)c(NC[C@@]23CCCN2C[C@H](F)C3)cc1F. The summed E-state index contributed by atoms with van der Waals surface area (Å²) < 4.78 is 68.3. The van der Waals surface area contributed by atoms with Crippen molar-refractivity contribution in [3.8, 4) is 0 Å². The first-order chi connectivity index (χ1) is 13.7. The van der Waals surface area contributed by atoms with E-state index < -0.39 is 32.0 Å². The lowest BCUT2D eigenvalue weighted by Crippen LogP contribution is -2.44. The smallest absolute Gasteiger partial charge is 0.266 e. The first-order valence-electron chi connectivity index (χ1n) is 8.95. The van der Waals surface area contributed by atoms with Gasteiger partial charge in [0.25, 0.3) is 10.0 Å². The molecule has 2 aromatic rings. The van der Waals surface area contributed by atoms with E-state index in [0.717, 1.165) is 37.7 Å². The molecule has 3 heterocycles. The number of thiazole rings is 1. The van der Waals surface area contributed by atoms with Crippen LogP contribution in [0, 0.1) is 10.9 Å². The van der Waals surface area contributed by atoms with Crippen molar-refractivity contribution in [3.05, 3.63) is 34.3 Å². The third kappa shape index (κ3) is 4.05. The summed E-state index contributed by atoms with van der Waals surface area (Å²) in [6.45, 7) is 1.60. The fourth-order valence-electron chi connectivity index (χ4n) is 4.10. The van der Waals surface area contributed by atoms with Crippen LogP contribution in [0.4, 0.5) is 24.0 Å². The van der Waals surface area contributed by atoms with Crippen LogP contribution >= 0.6 is 22.9 Å². The maximum atomic E-state index is 14.6. The Morgan fingerprint density at radius 1 is 1.38 bits per heavy atom. The number of aromatic nitrogens is 1. The van der Waals surface area contributed by atoms with Gasteiger partial charge in [0.2, 0.25) is 0 Å². The fourth-order valence-corrected chi connectivity index (χ4v) is 6.27. The number of alkyl halides is 1. The first-order valence-corrected chi connectivity index (χ1v) is 11.6. The molecule has 0 saturated carbocycles. The molecule has 0 unspecified atom stereocenters. The second-order valence-corrected chi connectivity index (χ2v) is 10.3. The van der Waals surface area contributed by atoms with E-state index in [1.54, 1.807) is 0 Å². The van der Waals surface area contributed by atoms with Crippen molar-refractivity contribution < 1.29 is 21.6 Å². The molecule has 158 valence electrons. The average molecular weight is 467 g/mol. The molecule has 0 radical (unpaired) electrons. The molecule has 2 aliphatic rings. The van der Waals surface area contributed by atoms with E-state index in [1.165, 1.54) is 0 Å². The Morgan fingerprint density at radius 2 is 2.17 bits per heavy atom. The van der Waals surface area contributed by atoms with E-state index in [1.807, 2.05) is 4.72 Å². The Balaban J connectivity index is 1.53. The first kappa shape index (κ1) is 20.7. The molecule has 2 atom stereocenters. The summed E-state index contributed by atoms with van der Waals surface area (Å²) in [4.78, 5) is 4.99. The van der Waals surface area contributed by atoms with E-state index in [-0.39, 0.29) is 21.4 Å². The third-order valence-electron chi connectivity index (χ3n) is 5.38. The zero-order chi connectivity index (χ0) is 20.8. The number of nitrogens with zero attached hydrogens (tertiary/aromatic N) is 2. The summed E-state index contributed by atoms with van der Waals surface area (Å²) in [5, 5.41) is 2.16. The number of benzene rings is 1. The van der Waals surface area contributed by atoms with Crippen LogP contribution in [0.1, 0.15) is 19.3 Å². The fraction of sp³-hybridized carbons (Fsp3) is 0.471. The molecule has 0 aliphatic carbocycles. The van der Waals surface area contributed by atoms with Crippen LogP contribution in [0.15, 0.2) is 23.2 Å². The van der Waals surface area contributed by atoms with Crippen LogP contribution in [0.2, 0.25) is 5.02 Å². The molecule has 0 bridgehead atoms. The van der Waals surface area contributed by atoms with Crippen molar-refractivity contribution in [2.75, 3.05) is 29.7 Å². The number of fused-ring (bicyclic) bond motifs is 1. The number of hydrogen-bond acceptors (Lipinski definition) is 6. The summed E-state index contributed by atoms with van der Waals surface area (Å²) in [6.07, 6.45) is 2.17. The largest absolute Gasteiger partial charge is 0.382 e. The van der Waals surface area contributed by atoms with Gasteiger partial charge in [-0.05, 0) is 37.9 Å². The Hall–Kier alpha value is -1.56. The summed E-state index contributed by atoms with van der Waals surface area (Å²) >= 11 is 6.67. The van der Waals surface area contributed by atoms with Crippen molar-refractivity contribution in [3.63, 3.8) is 0 Å². The molecule has 0 spiro atoms. The number of hydrogen-bond donors (Lipinski definition) is 2. The standard InChI is InChI=1S/C17H18ClF3N4O2S2/c18-11-4-14(29(26,27)24-16-22-7-15(21)28-16)12(20)5-13(11)23-9-17-2-1-3-25(17)8-10(19)6-17/h4-5,7,10,23H,1-3,6,8-9H2,(H,22,24)/t10-,17+/m1/s1. The van der Waals surface area contributed by atoms with Crippen LogP contribution in [0.3, 0.4) is 0 Å². The molecule has 1 aromatic heterocycles. The van der Waals surface area contributed by atoms with E-state index in [2.05, 4.69) is 15.2 Å². The van der Waals surface area contributed by atoms with Crippen molar-refractivity contribution in [2.45, 2.75) is 35.9 Å². The molecule has 2 saturated heterocycles. The van der Waals surface area contributed by atoms with Crippen molar-refractivity contribution >= 4 is 43.8 Å². The highest BCUT2D eigenvalue weighted by Gasteiger charge is 2.48. The highest BCUT2D eigenvalue weighted by atomic mass is 35.5. The number of rotatable bonds is 6. The molecular formula is C17H18ClF3N4O2S2. The molecule has 2 aliphatic heterocycles. The topological polar surface area (TPSA) is 74.3 Å². The van der Waals surface area contributed by atoms with Gasteiger partial charge in [0.15, 0.2) is 10.3 Å². The quantitative estimate of drug-likeness (QED) is 0.676. The highest BCUT2D eigenvalue weighted by Crippen LogP contribution is 2.40. The van der Waals surface area contributed by atoms with Gasteiger partial charge in [-0.25, -0.2) is 22.2 Å². The summed E-state index contributed by atoms with van der Waals surface area (Å²) in [5.74, 6) is -1.02. The molecule has 2 fully saturated rings. The predicted octanol–water partition coefficient (Wildman–Crippen LogP) is 3.86. The monoisotopic (exact) mass is 466 g/mol. The van der Waals surface area contributed by atoms with Crippen molar-refractivity contribution in [1.29, 1.82) is 0 Å². The minimum atomic E-state index is -4.34. The molecule has 2 N–H and O–H groups in total. The number of nitrogens with one attached hydrogen (secondary N) is 2. The molecule has 6 nitrogen and oxygen atoms in total. The van der Waals surface area contributed by atoms with Crippen molar-refractivity contribution in [1.82, 2.24) is 9.88 Å². The zero-order valence-corrected chi connectivity index (χ0v) is 17.5. The van der Waals surface area contributed by atoms with E-state index in [0.29, 0.717) is 30.8 Å². The maximum Gasteiger partial charge on any atom is 0.266 e. The summed E-state index contributed by atoms with van der Waals surface area (Å²) in [5.41, 5.74) is -0.104. The van der Waals surface area contributed by atoms with Gasteiger partial charge in [0.1, 0.15) is 16.9 Å². The summed E-state index contributed by atoms with van der Waals surface area (Å²) in [6, 6.07) is 1.99. The Kier molecular flexibility index (Phi) is 5.43. The van der Waals surface area contributed by atoms with E-state index in [9.17, 15) is 21.6 Å². The van der Waals surface area contributed by atoms with Crippen LogP contribution in [-0.2, 0) is 10.0 Å². The Morgan fingerprint density at radius 3 is 2.90 bits per heavy atom. The number of anilines is 2. The normalized spacial score (nSPS) is 24.6. The molecule has 1 aromatic carbocycles. The number of sulfonamides is 1. The second kappa shape index (κ2) is 7.60. The van der Waals surface area contributed by atoms with Gasteiger partial charge in [-0.1, -0.05) is 22.9 Å². The van der Waals surface area contributed by atoms with E-state index in [4.69, 9.17) is 11.6 Å². The third-order valence-corrected chi connectivity index (χ3v) is 7.88. The van der Waals surface area contributed by atoms with Gasteiger partial charge in [0.05, 0.1) is 16.9 Å². The Bertz CT molecular complexity index is 1040. The molecule has 29 heavy (non-hydrogen) atoms. The minimum absolute atomic E-state index is 0.00726. The second-order valence-electron chi connectivity index (χ2n) is 7.27. The van der Waals surface area contributed by atoms with Crippen LogP contribution in [0.25, 0.3) is 0 Å². The van der Waals surface area contributed by atoms with Crippen molar-refractivity contribution in [2.24, 2.45) is 0 Å². The van der Waals surface area contributed by atoms with Crippen LogP contribution in [0.5, 0.6) is 0 Å². The average Bonchev–Trinajstić information content (AvgIpc) is 3.28. The van der Waals surface area contributed by atoms with Crippen LogP contribution in [-0.4, -0.2) is 49.6 Å². The van der Waals surface area contributed by atoms with Gasteiger partial charge in [-0.15, -0.1) is 0 Å². The molecule has 4 rings (SSSR count). The van der Waals surface area contributed by atoms with Gasteiger partial charge < -0.3 is 5.32 Å². The molecular weight excluding hydrogens is 449 g/mol. The number of halogens is 4. The van der Waals surface area contributed by atoms with E-state index >= 15 is 0 Å². The zero-order valence-electron chi connectivity index (χ0n) is 15.1. The lowest BCUT2D eigenvalue weighted by atomic mass is 9.93. The molecule has 0 amide bonds. The summed E-state index contributed by atoms with van der Waals surface area (Å²) in [7, 11) is -4.34. The predicted molar refractivity (Wildman–Crippen MR) is 106 cm³/mol. The van der Waals surface area contributed by atoms with Crippen LogP contribution < -0.4 is 10.0 Å². The van der Waals surface area contributed by atoms with Gasteiger partial charge in [-0.2, -0.15) is 4.39 Å². The van der Waals surface area contributed by atoms with Gasteiger partial charge >= 0.3 is 0 Å². The maximum absolute atomic E-state index is 14.6.